The largest absolute Gasteiger partial charge is 0.336 e. The van der Waals surface area contributed by atoms with E-state index in [1.807, 2.05) is 30.9 Å². The summed E-state index contributed by atoms with van der Waals surface area (Å²) in [6.07, 6.45) is 3.53. The number of aromatic nitrogens is 1. The standard InChI is InChI=1S/C20H25N5O2.ClH/c1-14(2)23-20(27)24-17-7-5-15(6-8-17)19(26)25-11-10-22-13-18(25)16-4-3-9-21-12-16;/h3-9,12,14,18,22H,10-11,13H2,1-2H3,(H2,23,24,27);1H. The molecule has 1 aromatic heterocycles. The second kappa shape index (κ2) is 10.1. The first kappa shape index (κ1) is 21.7. The molecular formula is C20H26ClN5O2. The van der Waals surface area contributed by atoms with Gasteiger partial charge in [-0.2, -0.15) is 0 Å². The highest BCUT2D eigenvalue weighted by atomic mass is 35.5. The molecule has 0 bridgehead atoms. The van der Waals surface area contributed by atoms with E-state index in [1.54, 1.807) is 36.7 Å². The van der Waals surface area contributed by atoms with Gasteiger partial charge in [0, 0.05) is 49.3 Å². The molecule has 3 amide bonds. The Kier molecular flexibility index (Phi) is 7.78. The molecule has 1 saturated heterocycles. The highest BCUT2D eigenvalue weighted by Crippen LogP contribution is 2.24. The van der Waals surface area contributed by atoms with Gasteiger partial charge in [-0.25, -0.2) is 4.79 Å². The molecule has 7 nitrogen and oxygen atoms in total. The van der Waals surface area contributed by atoms with Crippen LogP contribution in [0.2, 0.25) is 0 Å². The van der Waals surface area contributed by atoms with Crippen LogP contribution in [0.25, 0.3) is 0 Å². The number of carbonyl (C=O) groups excluding carboxylic acids is 2. The summed E-state index contributed by atoms with van der Waals surface area (Å²) >= 11 is 0. The molecule has 1 fully saturated rings. The van der Waals surface area contributed by atoms with Crippen LogP contribution in [0.15, 0.2) is 48.8 Å². The maximum Gasteiger partial charge on any atom is 0.319 e. The highest BCUT2D eigenvalue weighted by Gasteiger charge is 2.28. The minimum absolute atomic E-state index is 0. The number of nitrogens with zero attached hydrogens (tertiary/aromatic N) is 2. The number of anilines is 1. The molecule has 2 aromatic rings. The quantitative estimate of drug-likeness (QED) is 0.732. The molecule has 3 N–H and O–H groups in total. The lowest BCUT2D eigenvalue weighted by atomic mass is 10.0. The summed E-state index contributed by atoms with van der Waals surface area (Å²) in [5.41, 5.74) is 2.26. The number of urea groups is 1. The zero-order valence-electron chi connectivity index (χ0n) is 16.0. The lowest BCUT2D eigenvalue weighted by Crippen LogP contribution is -2.48. The van der Waals surface area contributed by atoms with Crippen molar-refractivity contribution in [2.24, 2.45) is 0 Å². The van der Waals surface area contributed by atoms with E-state index in [0.29, 0.717) is 24.3 Å². The van der Waals surface area contributed by atoms with Crippen LogP contribution in [-0.4, -0.2) is 47.5 Å². The van der Waals surface area contributed by atoms with Crippen molar-refractivity contribution in [2.45, 2.75) is 25.9 Å². The fraction of sp³-hybridized carbons (Fsp3) is 0.350. The Labute approximate surface area is 171 Å². The Balaban J connectivity index is 0.00000280. The molecule has 0 saturated carbocycles. The van der Waals surface area contributed by atoms with Crippen molar-refractivity contribution in [2.75, 3.05) is 25.0 Å². The summed E-state index contributed by atoms with van der Waals surface area (Å²) in [5, 5.41) is 8.87. The maximum absolute atomic E-state index is 13.0. The number of carbonyl (C=O) groups is 2. The average molecular weight is 404 g/mol. The number of nitrogens with one attached hydrogen (secondary N) is 3. The fourth-order valence-electron chi connectivity index (χ4n) is 3.11. The van der Waals surface area contributed by atoms with Gasteiger partial charge in [-0.15, -0.1) is 12.4 Å². The summed E-state index contributed by atoms with van der Waals surface area (Å²) in [5.74, 6) is -0.0245. The Morgan fingerprint density at radius 2 is 1.96 bits per heavy atom. The SMILES string of the molecule is CC(C)NC(=O)Nc1ccc(C(=O)N2CCNCC2c2cccnc2)cc1.Cl. The molecule has 1 atom stereocenters. The van der Waals surface area contributed by atoms with Gasteiger partial charge in [0.05, 0.1) is 6.04 Å². The summed E-state index contributed by atoms with van der Waals surface area (Å²) in [6.45, 7) is 5.89. The molecule has 1 unspecified atom stereocenters. The first-order valence-electron chi connectivity index (χ1n) is 9.14. The third-order valence-electron chi connectivity index (χ3n) is 4.38. The van der Waals surface area contributed by atoms with Gasteiger partial charge >= 0.3 is 6.03 Å². The zero-order chi connectivity index (χ0) is 19.2. The summed E-state index contributed by atoms with van der Waals surface area (Å²) in [4.78, 5) is 30.9. The number of benzene rings is 1. The van der Waals surface area contributed by atoms with Crippen LogP contribution in [0.5, 0.6) is 0 Å². The van der Waals surface area contributed by atoms with Crippen molar-refractivity contribution >= 4 is 30.0 Å². The lowest BCUT2D eigenvalue weighted by molar-refractivity contribution is 0.0634. The second-order valence-electron chi connectivity index (χ2n) is 6.84. The predicted molar refractivity (Wildman–Crippen MR) is 112 cm³/mol. The van der Waals surface area contributed by atoms with Gasteiger partial charge in [0.2, 0.25) is 0 Å². The Morgan fingerprint density at radius 3 is 2.61 bits per heavy atom. The molecule has 2 heterocycles. The summed E-state index contributed by atoms with van der Waals surface area (Å²) in [6, 6.07) is 10.6. The minimum Gasteiger partial charge on any atom is -0.336 e. The first-order valence-corrected chi connectivity index (χ1v) is 9.14. The summed E-state index contributed by atoms with van der Waals surface area (Å²) < 4.78 is 0. The van der Waals surface area contributed by atoms with Gasteiger partial charge in [-0.1, -0.05) is 6.07 Å². The zero-order valence-corrected chi connectivity index (χ0v) is 16.8. The fourth-order valence-corrected chi connectivity index (χ4v) is 3.11. The molecule has 3 rings (SSSR count). The number of hydrogen-bond donors (Lipinski definition) is 3. The molecule has 0 radical (unpaired) electrons. The Morgan fingerprint density at radius 1 is 1.21 bits per heavy atom. The van der Waals surface area contributed by atoms with E-state index in [9.17, 15) is 9.59 Å². The van der Waals surface area contributed by atoms with E-state index in [-0.39, 0.29) is 36.4 Å². The molecule has 8 heteroatoms. The van der Waals surface area contributed by atoms with Crippen molar-refractivity contribution in [1.29, 1.82) is 0 Å². The van der Waals surface area contributed by atoms with Crippen LogP contribution in [0, 0.1) is 0 Å². The van der Waals surface area contributed by atoms with Crippen LogP contribution < -0.4 is 16.0 Å². The third-order valence-corrected chi connectivity index (χ3v) is 4.38. The first-order chi connectivity index (χ1) is 13.0. The number of rotatable bonds is 4. The molecule has 1 aliphatic heterocycles. The van der Waals surface area contributed by atoms with Gasteiger partial charge < -0.3 is 20.9 Å². The van der Waals surface area contributed by atoms with Gasteiger partial charge in [0.25, 0.3) is 5.91 Å². The van der Waals surface area contributed by atoms with Crippen LogP contribution in [0.3, 0.4) is 0 Å². The number of hydrogen-bond acceptors (Lipinski definition) is 4. The number of piperazine rings is 1. The molecule has 0 aliphatic carbocycles. The van der Waals surface area contributed by atoms with Gasteiger partial charge in [0.15, 0.2) is 0 Å². The normalized spacial score (nSPS) is 16.2. The van der Waals surface area contributed by atoms with Gasteiger partial charge in [-0.3, -0.25) is 9.78 Å². The van der Waals surface area contributed by atoms with E-state index >= 15 is 0 Å². The van der Waals surface area contributed by atoms with Crippen molar-refractivity contribution in [3.05, 3.63) is 59.9 Å². The highest BCUT2D eigenvalue weighted by molar-refractivity contribution is 5.96. The van der Waals surface area contributed by atoms with Crippen LogP contribution in [-0.2, 0) is 0 Å². The van der Waals surface area contributed by atoms with Crippen LogP contribution >= 0.6 is 12.4 Å². The lowest BCUT2D eigenvalue weighted by Gasteiger charge is -2.36. The molecule has 1 aliphatic rings. The smallest absolute Gasteiger partial charge is 0.319 e. The van der Waals surface area contributed by atoms with Crippen molar-refractivity contribution in [1.82, 2.24) is 20.5 Å². The summed E-state index contributed by atoms with van der Waals surface area (Å²) in [7, 11) is 0. The number of pyridine rings is 1. The average Bonchev–Trinajstić information content (AvgIpc) is 2.68. The second-order valence-corrected chi connectivity index (χ2v) is 6.84. The van der Waals surface area contributed by atoms with E-state index in [1.165, 1.54) is 0 Å². The van der Waals surface area contributed by atoms with Crippen molar-refractivity contribution in [3.8, 4) is 0 Å². The van der Waals surface area contributed by atoms with Crippen molar-refractivity contribution in [3.63, 3.8) is 0 Å². The van der Waals surface area contributed by atoms with E-state index in [0.717, 1.165) is 12.1 Å². The van der Waals surface area contributed by atoms with E-state index < -0.39 is 0 Å². The number of amides is 3. The van der Waals surface area contributed by atoms with Crippen molar-refractivity contribution < 1.29 is 9.59 Å². The molecular weight excluding hydrogens is 378 g/mol. The van der Waals surface area contributed by atoms with E-state index in [4.69, 9.17) is 0 Å². The van der Waals surface area contributed by atoms with Gasteiger partial charge in [-0.05, 0) is 49.7 Å². The predicted octanol–water partition coefficient (Wildman–Crippen LogP) is 2.82. The molecule has 0 spiro atoms. The monoisotopic (exact) mass is 403 g/mol. The van der Waals surface area contributed by atoms with Crippen LogP contribution in [0.4, 0.5) is 10.5 Å². The topological polar surface area (TPSA) is 86.4 Å². The van der Waals surface area contributed by atoms with E-state index in [2.05, 4.69) is 20.9 Å². The third kappa shape index (κ3) is 5.43. The number of halogens is 1. The molecule has 28 heavy (non-hydrogen) atoms. The van der Waals surface area contributed by atoms with Crippen LogP contribution in [0.1, 0.15) is 35.8 Å². The van der Waals surface area contributed by atoms with Gasteiger partial charge in [0.1, 0.15) is 0 Å². The Bertz CT molecular complexity index is 783. The minimum atomic E-state index is -0.261. The maximum atomic E-state index is 13.0. The molecule has 150 valence electrons. The molecule has 1 aromatic carbocycles. The Hall–Kier alpha value is -2.64.